The van der Waals surface area contributed by atoms with Crippen molar-refractivity contribution in [3.05, 3.63) is 77.1 Å². The number of fused-ring (bicyclic) bond motifs is 3. The van der Waals surface area contributed by atoms with Gasteiger partial charge in [0.2, 0.25) is 0 Å². The summed E-state index contributed by atoms with van der Waals surface area (Å²) in [6.45, 7) is 1.69. The summed E-state index contributed by atoms with van der Waals surface area (Å²) in [5, 5.41) is 3.68. The number of para-hydroxylation sites is 1. The molecule has 0 spiro atoms. The minimum Gasteiger partial charge on any atom is -0.377 e. The molecule has 5 rings (SSSR count). The maximum absolute atomic E-state index is 13.5. The minimum absolute atomic E-state index is 0.0726. The molecule has 3 unspecified atom stereocenters. The number of carbonyl (C=O) groups excluding carboxylic acids is 1. The van der Waals surface area contributed by atoms with Crippen molar-refractivity contribution in [2.45, 2.75) is 37.6 Å². The summed E-state index contributed by atoms with van der Waals surface area (Å²) in [6, 6.07) is 12.9. The number of benzene rings is 2. The van der Waals surface area contributed by atoms with E-state index in [9.17, 15) is 9.18 Å². The van der Waals surface area contributed by atoms with E-state index in [-0.39, 0.29) is 17.8 Å². The first-order valence-electron chi connectivity index (χ1n) is 10.3. The highest BCUT2D eigenvalue weighted by Crippen LogP contribution is 2.50. The Morgan fingerprint density at radius 3 is 2.61 bits per heavy atom. The van der Waals surface area contributed by atoms with Gasteiger partial charge >= 0.3 is 0 Å². The Hall–Kier alpha value is -2.62. The van der Waals surface area contributed by atoms with Crippen LogP contribution in [0.3, 0.4) is 0 Å². The smallest absolute Gasteiger partial charge is 0.255 e. The molecule has 2 aliphatic heterocycles. The largest absolute Gasteiger partial charge is 0.377 e. The molecule has 0 aromatic heterocycles. The third kappa shape index (κ3) is 2.92. The van der Waals surface area contributed by atoms with Crippen LogP contribution in [0, 0.1) is 11.7 Å². The van der Waals surface area contributed by atoms with E-state index in [0.29, 0.717) is 11.8 Å². The van der Waals surface area contributed by atoms with E-state index in [4.69, 9.17) is 0 Å². The number of halogens is 1. The van der Waals surface area contributed by atoms with Gasteiger partial charge in [0.25, 0.3) is 5.91 Å². The lowest BCUT2D eigenvalue weighted by atomic mass is 9.76. The molecule has 0 bridgehead atoms. The highest BCUT2D eigenvalue weighted by Gasteiger charge is 2.39. The van der Waals surface area contributed by atoms with Crippen molar-refractivity contribution < 1.29 is 9.18 Å². The number of amides is 1. The fraction of sp³-hybridized carbons (Fsp3) is 0.375. The topological polar surface area (TPSA) is 32.3 Å². The highest BCUT2D eigenvalue weighted by molar-refractivity contribution is 6.01. The monoisotopic (exact) mass is 376 g/mol. The Balaban J connectivity index is 1.55. The summed E-state index contributed by atoms with van der Waals surface area (Å²) in [6.07, 6.45) is 8.87. The molecule has 1 N–H and O–H groups in total. The lowest BCUT2D eigenvalue weighted by Crippen LogP contribution is -2.37. The first-order valence-corrected chi connectivity index (χ1v) is 10.3. The van der Waals surface area contributed by atoms with Crippen LogP contribution in [0.4, 0.5) is 10.1 Å². The summed E-state index contributed by atoms with van der Waals surface area (Å²) >= 11 is 0. The molecule has 2 heterocycles. The number of allylic oxidation sites excluding steroid dienone is 2. The summed E-state index contributed by atoms with van der Waals surface area (Å²) in [7, 11) is 0. The van der Waals surface area contributed by atoms with Crippen molar-refractivity contribution in [1.29, 1.82) is 0 Å². The van der Waals surface area contributed by atoms with Crippen molar-refractivity contribution in [3.63, 3.8) is 0 Å². The summed E-state index contributed by atoms with van der Waals surface area (Å²) < 4.78 is 13.5. The molecule has 3 aliphatic rings. The molecule has 1 fully saturated rings. The molecule has 2 aromatic carbocycles. The Kier molecular flexibility index (Phi) is 4.42. The molecule has 1 saturated heterocycles. The Morgan fingerprint density at radius 1 is 1.04 bits per heavy atom. The Morgan fingerprint density at radius 2 is 1.82 bits per heavy atom. The molecule has 1 amide bonds. The van der Waals surface area contributed by atoms with Crippen molar-refractivity contribution in [2.24, 2.45) is 5.92 Å². The molecule has 144 valence electrons. The zero-order valence-electron chi connectivity index (χ0n) is 15.9. The number of likely N-dealkylation sites (tertiary alicyclic amines) is 1. The lowest BCUT2D eigenvalue weighted by Gasteiger charge is -2.39. The molecule has 28 heavy (non-hydrogen) atoms. The van der Waals surface area contributed by atoms with E-state index >= 15 is 0 Å². The van der Waals surface area contributed by atoms with E-state index in [0.717, 1.165) is 49.2 Å². The molecule has 4 heteroatoms. The maximum Gasteiger partial charge on any atom is 0.255 e. The minimum atomic E-state index is -0.220. The van der Waals surface area contributed by atoms with Crippen molar-refractivity contribution >= 4 is 11.6 Å². The van der Waals surface area contributed by atoms with E-state index in [1.165, 1.54) is 24.1 Å². The fourth-order valence-electron chi connectivity index (χ4n) is 5.07. The van der Waals surface area contributed by atoms with Gasteiger partial charge in [0.1, 0.15) is 5.82 Å². The van der Waals surface area contributed by atoms with Crippen LogP contribution in [0.2, 0.25) is 0 Å². The molecule has 2 aromatic rings. The third-order valence-corrected chi connectivity index (χ3v) is 6.50. The van der Waals surface area contributed by atoms with Crippen molar-refractivity contribution in [3.8, 4) is 0 Å². The molecular formula is C24H25FN2O. The second-order valence-corrected chi connectivity index (χ2v) is 8.15. The standard InChI is InChI=1S/C24H25FN2O/c25-17-12-10-16(11-13-17)22-19-7-4-6-18(19)20-8-5-9-21(23(20)26-22)24(28)27-14-2-1-3-15-27/h4-6,8-13,18-19,22,26H,1-3,7,14-15H2. The van der Waals surface area contributed by atoms with Crippen LogP contribution in [-0.4, -0.2) is 23.9 Å². The van der Waals surface area contributed by atoms with E-state index < -0.39 is 0 Å². The Labute approximate surface area is 165 Å². The van der Waals surface area contributed by atoms with E-state index in [1.807, 2.05) is 29.2 Å². The first-order chi connectivity index (χ1) is 13.7. The number of hydrogen-bond donors (Lipinski definition) is 1. The van der Waals surface area contributed by atoms with Gasteiger partial charge in [-0.2, -0.15) is 0 Å². The SMILES string of the molecule is O=C(c1cccc2c1NC(c1ccc(F)cc1)C1CC=CC21)N1CCCCC1. The second-order valence-electron chi connectivity index (χ2n) is 8.15. The van der Waals surface area contributed by atoms with Crippen LogP contribution in [0.5, 0.6) is 0 Å². The van der Waals surface area contributed by atoms with E-state index in [2.05, 4.69) is 23.5 Å². The second kappa shape index (κ2) is 7.08. The molecule has 3 nitrogen and oxygen atoms in total. The third-order valence-electron chi connectivity index (χ3n) is 6.50. The van der Waals surface area contributed by atoms with Gasteiger partial charge in [0.15, 0.2) is 0 Å². The molecule has 0 radical (unpaired) electrons. The average Bonchev–Trinajstić information content (AvgIpc) is 3.24. The van der Waals surface area contributed by atoms with Gasteiger partial charge in [-0.3, -0.25) is 4.79 Å². The summed E-state index contributed by atoms with van der Waals surface area (Å²) in [4.78, 5) is 15.3. The summed E-state index contributed by atoms with van der Waals surface area (Å²) in [5.41, 5.74) is 4.01. The normalized spacial score (nSPS) is 25.8. The number of carbonyl (C=O) groups is 1. The van der Waals surface area contributed by atoms with Crippen LogP contribution in [-0.2, 0) is 0 Å². The van der Waals surface area contributed by atoms with Crippen LogP contribution in [0.25, 0.3) is 0 Å². The van der Waals surface area contributed by atoms with Gasteiger partial charge in [-0.25, -0.2) is 4.39 Å². The predicted octanol–water partition coefficient (Wildman–Crippen LogP) is 5.28. The highest BCUT2D eigenvalue weighted by atomic mass is 19.1. The molecule has 3 atom stereocenters. The van der Waals surface area contributed by atoms with Crippen LogP contribution < -0.4 is 5.32 Å². The average molecular weight is 376 g/mol. The molecule has 0 saturated carbocycles. The molecular weight excluding hydrogens is 351 g/mol. The number of nitrogens with zero attached hydrogens (tertiary/aromatic N) is 1. The van der Waals surface area contributed by atoms with Gasteiger partial charge in [0.05, 0.1) is 17.3 Å². The van der Waals surface area contributed by atoms with Gasteiger partial charge in [-0.1, -0.05) is 36.4 Å². The zero-order valence-corrected chi connectivity index (χ0v) is 15.9. The van der Waals surface area contributed by atoms with Crippen molar-refractivity contribution in [1.82, 2.24) is 4.90 Å². The lowest BCUT2D eigenvalue weighted by molar-refractivity contribution is 0.0725. The molecule has 1 aliphatic carbocycles. The van der Waals surface area contributed by atoms with Gasteiger partial charge in [-0.05, 0) is 60.9 Å². The van der Waals surface area contributed by atoms with E-state index in [1.54, 1.807) is 0 Å². The van der Waals surface area contributed by atoms with Gasteiger partial charge in [0, 0.05) is 19.0 Å². The number of piperidine rings is 1. The predicted molar refractivity (Wildman–Crippen MR) is 109 cm³/mol. The number of anilines is 1. The number of rotatable bonds is 2. The fourth-order valence-corrected chi connectivity index (χ4v) is 5.07. The summed E-state index contributed by atoms with van der Waals surface area (Å²) in [5.74, 6) is 0.586. The Bertz CT molecular complexity index is 915. The zero-order chi connectivity index (χ0) is 19.1. The van der Waals surface area contributed by atoms with Gasteiger partial charge in [-0.15, -0.1) is 0 Å². The number of hydrogen-bond acceptors (Lipinski definition) is 2. The number of nitrogens with one attached hydrogen (secondary N) is 1. The quantitative estimate of drug-likeness (QED) is 0.724. The van der Waals surface area contributed by atoms with Crippen LogP contribution in [0.1, 0.15) is 59.1 Å². The van der Waals surface area contributed by atoms with Crippen LogP contribution in [0.15, 0.2) is 54.6 Å². The van der Waals surface area contributed by atoms with Crippen molar-refractivity contribution in [2.75, 3.05) is 18.4 Å². The van der Waals surface area contributed by atoms with Crippen LogP contribution >= 0.6 is 0 Å². The first kappa shape index (κ1) is 17.5. The maximum atomic E-state index is 13.5. The van der Waals surface area contributed by atoms with Gasteiger partial charge < -0.3 is 10.2 Å².